The molecule has 26 heavy (non-hydrogen) atoms. The minimum absolute atomic E-state index is 0. The first-order valence-electron chi connectivity index (χ1n) is 7.58. The van der Waals surface area contributed by atoms with Crippen molar-refractivity contribution in [1.29, 1.82) is 0 Å². The number of nitrogens with zero attached hydrogens (tertiary/aromatic N) is 1. The summed E-state index contributed by atoms with van der Waals surface area (Å²) in [6.07, 6.45) is 0.678. The fourth-order valence-electron chi connectivity index (χ4n) is 2.06. The summed E-state index contributed by atoms with van der Waals surface area (Å²) in [4.78, 5) is 17.0. The minimum Gasteiger partial charge on any atom is -0.496 e. The Kier molecular flexibility index (Phi) is 9.73. The number of nitrogens with one attached hydrogen (secondary N) is 1. The lowest BCUT2D eigenvalue weighted by atomic mass is 9.93. The molecule has 146 valence electrons. The normalized spacial score (nSPS) is 10.5. The van der Waals surface area contributed by atoms with Gasteiger partial charge in [-0.05, 0) is 6.07 Å². The Labute approximate surface area is 175 Å². The number of nitrogens with two attached hydrogens (primary N) is 1. The molecule has 0 saturated heterocycles. The zero-order valence-corrected chi connectivity index (χ0v) is 18.3. The van der Waals surface area contributed by atoms with Gasteiger partial charge >= 0.3 is 0 Å². The van der Waals surface area contributed by atoms with E-state index < -0.39 is 0 Å². The summed E-state index contributed by atoms with van der Waals surface area (Å²) in [6, 6.07) is 3.07. The highest BCUT2D eigenvalue weighted by Crippen LogP contribution is 2.29. The highest BCUT2D eigenvalue weighted by atomic mass is 35.5. The number of aromatic nitrogens is 1. The summed E-state index contributed by atoms with van der Waals surface area (Å²) in [5.41, 5.74) is 7.58. The van der Waals surface area contributed by atoms with Gasteiger partial charge in [0.1, 0.15) is 5.75 Å². The van der Waals surface area contributed by atoms with Gasteiger partial charge in [-0.3, -0.25) is 4.79 Å². The lowest BCUT2D eigenvalue weighted by molar-refractivity contribution is 0.0951. The van der Waals surface area contributed by atoms with Crippen LogP contribution in [-0.4, -0.2) is 24.5 Å². The fourth-order valence-corrected chi connectivity index (χ4v) is 3.25. The van der Waals surface area contributed by atoms with Crippen molar-refractivity contribution < 1.29 is 9.53 Å². The topological polar surface area (TPSA) is 77.2 Å². The van der Waals surface area contributed by atoms with E-state index in [-0.39, 0.29) is 36.1 Å². The molecule has 1 aromatic carbocycles. The number of carbonyl (C=O) groups excluding carboxylic acids is 1. The van der Waals surface area contributed by atoms with Gasteiger partial charge < -0.3 is 15.8 Å². The third kappa shape index (κ3) is 6.20. The second kappa shape index (κ2) is 10.2. The maximum atomic E-state index is 12.3. The number of hydrogen-bond donors (Lipinski definition) is 2. The zero-order valence-electron chi connectivity index (χ0n) is 15.1. The van der Waals surface area contributed by atoms with Crippen molar-refractivity contribution in [2.45, 2.75) is 32.6 Å². The van der Waals surface area contributed by atoms with Gasteiger partial charge in [-0.15, -0.1) is 36.2 Å². The van der Waals surface area contributed by atoms with Gasteiger partial charge in [0.25, 0.3) is 5.91 Å². The van der Waals surface area contributed by atoms with E-state index in [4.69, 9.17) is 22.1 Å². The molecule has 9 heteroatoms. The molecule has 0 saturated carbocycles. The van der Waals surface area contributed by atoms with Crippen LogP contribution in [0.4, 0.5) is 5.69 Å². The van der Waals surface area contributed by atoms with Crippen LogP contribution in [-0.2, 0) is 11.8 Å². The Morgan fingerprint density at radius 1 is 1.35 bits per heavy atom. The molecule has 5 nitrogen and oxygen atoms in total. The van der Waals surface area contributed by atoms with Crippen LogP contribution in [0, 0.1) is 0 Å². The number of amides is 1. The molecule has 1 aromatic heterocycles. The number of ether oxygens (including phenoxy) is 1. The van der Waals surface area contributed by atoms with Crippen LogP contribution in [0.1, 0.15) is 41.8 Å². The first kappa shape index (κ1) is 24.8. The lowest BCUT2D eigenvalue weighted by Crippen LogP contribution is -2.26. The average Bonchev–Trinajstić information content (AvgIpc) is 2.98. The van der Waals surface area contributed by atoms with E-state index in [1.807, 2.05) is 0 Å². The molecular weight excluding hydrogens is 417 g/mol. The second-order valence-corrected chi connectivity index (χ2v) is 7.81. The number of nitrogen functional groups attached to an aromatic ring is 1. The largest absolute Gasteiger partial charge is 0.496 e. The van der Waals surface area contributed by atoms with Crippen molar-refractivity contribution in [2.75, 3.05) is 19.4 Å². The Hall–Kier alpha value is -1.21. The van der Waals surface area contributed by atoms with Gasteiger partial charge in [-0.25, -0.2) is 4.98 Å². The molecule has 0 fully saturated rings. The van der Waals surface area contributed by atoms with Gasteiger partial charge in [0, 0.05) is 29.8 Å². The predicted octanol–water partition coefficient (Wildman–Crippen LogP) is 4.50. The standard InChI is InChI=1S/C17H22ClN3O2S.2ClH/c1-17(2,3)14-9-24-15(21-14)5-6-20-16(22)10-7-11(18)12(19)8-13(10)23-4;;/h7-9H,5-6,19H2,1-4H3,(H,20,22);2*1H. The third-order valence-corrected chi connectivity index (χ3v) is 4.74. The van der Waals surface area contributed by atoms with Crippen molar-refractivity contribution >= 4 is 59.3 Å². The first-order valence-corrected chi connectivity index (χ1v) is 8.84. The molecule has 0 aliphatic heterocycles. The molecule has 0 aliphatic carbocycles. The number of carbonyl (C=O) groups is 1. The fraction of sp³-hybridized carbons (Fsp3) is 0.412. The minimum atomic E-state index is -0.249. The summed E-state index contributed by atoms with van der Waals surface area (Å²) in [6.45, 7) is 6.88. The smallest absolute Gasteiger partial charge is 0.255 e. The molecule has 0 spiro atoms. The maximum absolute atomic E-state index is 12.3. The van der Waals surface area contributed by atoms with Crippen molar-refractivity contribution in [3.05, 3.63) is 38.8 Å². The zero-order chi connectivity index (χ0) is 17.9. The Bertz CT molecular complexity index is 745. The van der Waals surface area contributed by atoms with Crippen LogP contribution in [0.25, 0.3) is 0 Å². The monoisotopic (exact) mass is 439 g/mol. The average molecular weight is 441 g/mol. The highest BCUT2D eigenvalue weighted by Gasteiger charge is 2.18. The highest BCUT2D eigenvalue weighted by molar-refractivity contribution is 7.09. The number of anilines is 1. The number of rotatable bonds is 5. The van der Waals surface area contributed by atoms with E-state index in [0.29, 0.717) is 35.0 Å². The van der Waals surface area contributed by atoms with Crippen LogP contribution in [0.15, 0.2) is 17.5 Å². The quantitative estimate of drug-likeness (QED) is 0.671. The molecular formula is C17H24Cl3N3O2S. The van der Waals surface area contributed by atoms with Crippen LogP contribution < -0.4 is 15.8 Å². The Morgan fingerprint density at radius 2 is 2.00 bits per heavy atom. The number of hydrogen-bond acceptors (Lipinski definition) is 5. The first-order chi connectivity index (χ1) is 11.2. The van der Waals surface area contributed by atoms with E-state index in [1.54, 1.807) is 17.4 Å². The van der Waals surface area contributed by atoms with Crippen LogP contribution >= 0.6 is 47.8 Å². The molecule has 2 aromatic rings. The van der Waals surface area contributed by atoms with Crippen LogP contribution in [0.5, 0.6) is 5.75 Å². The van der Waals surface area contributed by atoms with E-state index in [0.717, 1.165) is 10.7 Å². The molecule has 0 aliphatic rings. The number of methoxy groups -OCH3 is 1. The number of halogens is 3. The predicted molar refractivity (Wildman–Crippen MR) is 114 cm³/mol. The summed E-state index contributed by atoms with van der Waals surface area (Å²) in [5, 5.41) is 6.27. The van der Waals surface area contributed by atoms with Gasteiger partial charge in [0.15, 0.2) is 0 Å². The summed E-state index contributed by atoms with van der Waals surface area (Å²) in [7, 11) is 1.49. The van der Waals surface area contributed by atoms with E-state index >= 15 is 0 Å². The SMILES string of the molecule is COc1cc(N)c(Cl)cc1C(=O)NCCc1nc(C(C)(C)C)cs1.Cl.Cl. The van der Waals surface area contributed by atoms with Gasteiger partial charge in [0.2, 0.25) is 0 Å². The van der Waals surface area contributed by atoms with Crippen LogP contribution in [0.2, 0.25) is 5.02 Å². The van der Waals surface area contributed by atoms with Crippen molar-refractivity contribution in [2.24, 2.45) is 0 Å². The van der Waals surface area contributed by atoms with E-state index in [2.05, 4.69) is 36.5 Å². The molecule has 3 N–H and O–H groups in total. The number of thiazole rings is 1. The molecule has 2 rings (SSSR count). The summed E-state index contributed by atoms with van der Waals surface area (Å²) in [5.74, 6) is 0.153. The molecule has 0 radical (unpaired) electrons. The van der Waals surface area contributed by atoms with E-state index in [9.17, 15) is 4.79 Å². The molecule has 0 bridgehead atoms. The lowest BCUT2D eigenvalue weighted by Gasteiger charge is -2.14. The van der Waals surface area contributed by atoms with Gasteiger partial charge in [-0.2, -0.15) is 0 Å². The molecule has 1 heterocycles. The summed E-state index contributed by atoms with van der Waals surface area (Å²) < 4.78 is 5.20. The summed E-state index contributed by atoms with van der Waals surface area (Å²) >= 11 is 7.60. The molecule has 0 atom stereocenters. The van der Waals surface area contributed by atoms with Crippen molar-refractivity contribution in [1.82, 2.24) is 10.3 Å². The Balaban J connectivity index is 0.00000312. The number of benzene rings is 1. The van der Waals surface area contributed by atoms with Crippen molar-refractivity contribution in [3.8, 4) is 5.75 Å². The van der Waals surface area contributed by atoms with Crippen molar-refractivity contribution in [3.63, 3.8) is 0 Å². The molecule has 1 amide bonds. The second-order valence-electron chi connectivity index (χ2n) is 6.46. The van der Waals surface area contributed by atoms with E-state index in [1.165, 1.54) is 13.2 Å². The van der Waals surface area contributed by atoms with Crippen LogP contribution in [0.3, 0.4) is 0 Å². The molecule has 0 unspecified atom stereocenters. The Morgan fingerprint density at radius 3 is 2.54 bits per heavy atom. The third-order valence-electron chi connectivity index (χ3n) is 3.51. The van der Waals surface area contributed by atoms with Gasteiger partial charge in [-0.1, -0.05) is 32.4 Å². The maximum Gasteiger partial charge on any atom is 0.255 e. The van der Waals surface area contributed by atoms with Gasteiger partial charge in [0.05, 0.1) is 34.1 Å².